The van der Waals surface area contributed by atoms with Crippen LogP contribution in [-0.4, -0.2) is 16.7 Å². The molecule has 3 rings (SSSR count). The van der Waals surface area contributed by atoms with Crippen molar-refractivity contribution >= 4 is 39.2 Å². The number of thiazole rings is 1. The number of nitrogens with zero attached hydrogens (tertiary/aromatic N) is 2. The Morgan fingerprint density at radius 3 is 2.73 bits per heavy atom. The van der Waals surface area contributed by atoms with Crippen molar-refractivity contribution in [1.29, 1.82) is 0 Å². The highest BCUT2D eigenvalue weighted by molar-refractivity contribution is 7.98. The summed E-state index contributed by atoms with van der Waals surface area (Å²) in [6.45, 7) is 2.07. The number of carbonyl (C=O) groups excluding carboxylic acids is 1. The third-order valence-electron chi connectivity index (χ3n) is 3.54. The zero-order chi connectivity index (χ0) is 15.7. The Bertz CT molecular complexity index is 922. The van der Waals surface area contributed by atoms with Crippen LogP contribution in [0.4, 0.5) is 0 Å². The molecule has 0 spiro atoms. The number of benzene rings is 2. The van der Waals surface area contributed by atoms with Gasteiger partial charge in [-0.25, -0.2) is 0 Å². The molecule has 0 atom stereocenters. The normalized spacial score (nSPS) is 12.0. The van der Waals surface area contributed by atoms with E-state index in [2.05, 4.69) is 24.0 Å². The molecule has 3 aromatic rings. The first-order valence-corrected chi connectivity index (χ1v) is 8.92. The maximum absolute atomic E-state index is 12.4. The number of hydrogen-bond donors (Lipinski definition) is 0. The van der Waals surface area contributed by atoms with E-state index in [1.54, 1.807) is 23.1 Å². The highest BCUT2D eigenvalue weighted by Crippen LogP contribution is 2.20. The molecule has 5 heteroatoms. The van der Waals surface area contributed by atoms with Gasteiger partial charge < -0.3 is 4.57 Å². The van der Waals surface area contributed by atoms with Crippen LogP contribution in [-0.2, 0) is 7.05 Å². The molecule has 0 saturated carbocycles. The molecule has 0 saturated heterocycles. The highest BCUT2D eigenvalue weighted by atomic mass is 32.2. The molecule has 0 aliphatic rings. The van der Waals surface area contributed by atoms with Crippen molar-refractivity contribution in [2.45, 2.75) is 11.8 Å². The summed E-state index contributed by atoms with van der Waals surface area (Å²) in [5, 5.41) is 0. The monoisotopic (exact) mass is 328 g/mol. The van der Waals surface area contributed by atoms with Gasteiger partial charge in [0.05, 0.1) is 10.2 Å². The first kappa shape index (κ1) is 15.1. The topological polar surface area (TPSA) is 34.4 Å². The van der Waals surface area contributed by atoms with Gasteiger partial charge in [0.2, 0.25) is 0 Å². The summed E-state index contributed by atoms with van der Waals surface area (Å²) < 4.78 is 3.14. The molecule has 1 aromatic heterocycles. The quantitative estimate of drug-likeness (QED) is 0.666. The molecule has 1 heterocycles. The molecule has 0 aliphatic carbocycles. The highest BCUT2D eigenvalue weighted by Gasteiger charge is 2.08. The van der Waals surface area contributed by atoms with Gasteiger partial charge in [0.1, 0.15) is 0 Å². The number of thioether (sulfide) groups is 1. The molecule has 0 radical (unpaired) electrons. The first-order valence-electron chi connectivity index (χ1n) is 6.88. The molecule has 22 heavy (non-hydrogen) atoms. The smallest absolute Gasteiger partial charge is 0.279 e. The predicted molar refractivity (Wildman–Crippen MR) is 93.6 cm³/mol. The first-order chi connectivity index (χ1) is 10.6. The zero-order valence-corrected chi connectivity index (χ0v) is 14.3. The van der Waals surface area contributed by atoms with E-state index < -0.39 is 0 Å². The standard InChI is InChI=1S/C17H16N2OS2/c1-11-6-4-9-14-15(11)19(2)17(22-14)18-16(20)12-7-5-8-13(10-12)21-3/h4-10H,1-3H3. The van der Waals surface area contributed by atoms with Gasteiger partial charge >= 0.3 is 0 Å². The Labute approximate surface area is 137 Å². The van der Waals surface area contributed by atoms with Crippen LogP contribution < -0.4 is 4.80 Å². The number of para-hydroxylation sites is 1. The molecule has 1 amide bonds. The van der Waals surface area contributed by atoms with E-state index in [4.69, 9.17) is 0 Å². The molecule has 0 bridgehead atoms. The van der Waals surface area contributed by atoms with Crippen LogP contribution in [0.15, 0.2) is 52.4 Å². The van der Waals surface area contributed by atoms with Gasteiger partial charge in [-0.15, -0.1) is 11.8 Å². The minimum Gasteiger partial charge on any atom is -0.319 e. The lowest BCUT2D eigenvalue weighted by molar-refractivity contribution is 0.0997. The lowest BCUT2D eigenvalue weighted by Crippen LogP contribution is -2.13. The Kier molecular flexibility index (Phi) is 4.18. The second-order valence-electron chi connectivity index (χ2n) is 5.01. The lowest BCUT2D eigenvalue weighted by atomic mass is 10.2. The third kappa shape index (κ3) is 2.74. The van der Waals surface area contributed by atoms with Crippen LogP contribution in [0, 0.1) is 6.92 Å². The number of carbonyl (C=O) groups is 1. The fraction of sp³-hybridized carbons (Fsp3) is 0.176. The average Bonchev–Trinajstić information content (AvgIpc) is 2.85. The van der Waals surface area contributed by atoms with Crippen LogP contribution in [0.2, 0.25) is 0 Å². The van der Waals surface area contributed by atoms with Crippen molar-refractivity contribution in [1.82, 2.24) is 4.57 Å². The predicted octanol–water partition coefficient (Wildman–Crippen LogP) is 4.01. The summed E-state index contributed by atoms with van der Waals surface area (Å²) in [6.07, 6.45) is 2.00. The number of rotatable bonds is 2. The number of aromatic nitrogens is 1. The Balaban J connectivity index is 2.10. The Hall–Kier alpha value is -1.85. The molecule has 0 fully saturated rings. The average molecular weight is 328 g/mol. The summed E-state index contributed by atoms with van der Waals surface area (Å²) in [5.41, 5.74) is 2.95. The van der Waals surface area contributed by atoms with Crippen molar-refractivity contribution in [3.8, 4) is 0 Å². The molecule has 0 aliphatic heterocycles. The Morgan fingerprint density at radius 1 is 1.23 bits per heavy atom. The lowest BCUT2D eigenvalue weighted by Gasteiger charge is -2.00. The van der Waals surface area contributed by atoms with E-state index in [9.17, 15) is 4.79 Å². The minimum absolute atomic E-state index is 0.198. The van der Waals surface area contributed by atoms with Gasteiger partial charge in [-0.2, -0.15) is 4.99 Å². The maximum atomic E-state index is 12.4. The fourth-order valence-corrected chi connectivity index (χ4v) is 3.97. The van der Waals surface area contributed by atoms with Crippen molar-refractivity contribution in [3.05, 3.63) is 58.4 Å². The van der Waals surface area contributed by atoms with Crippen molar-refractivity contribution < 1.29 is 4.79 Å². The fourth-order valence-electron chi connectivity index (χ4n) is 2.41. The van der Waals surface area contributed by atoms with E-state index in [-0.39, 0.29) is 5.91 Å². The van der Waals surface area contributed by atoms with Gasteiger partial charge in [0, 0.05) is 17.5 Å². The van der Waals surface area contributed by atoms with E-state index >= 15 is 0 Å². The second-order valence-corrected chi connectivity index (χ2v) is 6.90. The number of aryl methyl sites for hydroxylation is 2. The van der Waals surface area contributed by atoms with Gasteiger partial charge in [-0.05, 0) is 43.0 Å². The van der Waals surface area contributed by atoms with Gasteiger partial charge in [-0.1, -0.05) is 29.5 Å². The minimum atomic E-state index is -0.198. The number of fused-ring (bicyclic) bond motifs is 1. The van der Waals surface area contributed by atoms with E-state index in [0.29, 0.717) is 5.56 Å². The zero-order valence-electron chi connectivity index (χ0n) is 12.7. The van der Waals surface area contributed by atoms with Crippen LogP contribution in [0.25, 0.3) is 10.2 Å². The number of hydrogen-bond acceptors (Lipinski definition) is 3. The second kappa shape index (κ2) is 6.10. The molecule has 0 unspecified atom stereocenters. The third-order valence-corrected chi connectivity index (χ3v) is 5.36. The summed E-state index contributed by atoms with van der Waals surface area (Å²) in [6, 6.07) is 13.7. The summed E-state index contributed by atoms with van der Waals surface area (Å²) in [4.78, 5) is 18.5. The molecular weight excluding hydrogens is 312 g/mol. The Morgan fingerprint density at radius 2 is 2.00 bits per heavy atom. The van der Waals surface area contributed by atoms with E-state index in [0.717, 1.165) is 19.9 Å². The van der Waals surface area contributed by atoms with E-state index in [1.165, 1.54) is 5.56 Å². The largest absolute Gasteiger partial charge is 0.319 e. The summed E-state index contributed by atoms with van der Waals surface area (Å²) in [5.74, 6) is -0.198. The molecule has 0 N–H and O–H groups in total. The summed E-state index contributed by atoms with van der Waals surface area (Å²) >= 11 is 3.16. The van der Waals surface area contributed by atoms with Crippen LogP contribution >= 0.6 is 23.1 Å². The molecule has 112 valence electrons. The van der Waals surface area contributed by atoms with Gasteiger partial charge in [0.15, 0.2) is 4.80 Å². The van der Waals surface area contributed by atoms with E-state index in [1.807, 2.05) is 48.2 Å². The molecular formula is C17H16N2OS2. The maximum Gasteiger partial charge on any atom is 0.279 e. The van der Waals surface area contributed by atoms with Crippen molar-refractivity contribution in [3.63, 3.8) is 0 Å². The molecule has 3 nitrogen and oxygen atoms in total. The SMILES string of the molecule is CSc1cccc(C(=O)N=c2sc3cccc(C)c3n2C)c1. The van der Waals surface area contributed by atoms with Gasteiger partial charge in [0.25, 0.3) is 5.91 Å². The van der Waals surface area contributed by atoms with Crippen LogP contribution in [0.5, 0.6) is 0 Å². The summed E-state index contributed by atoms with van der Waals surface area (Å²) in [7, 11) is 1.95. The van der Waals surface area contributed by atoms with Crippen LogP contribution in [0.3, 0.4) is 0 Å². The number of amides is 1. The van der Waals surface area contributed by atoms with Crippen LogP contribution in [0.1, 0.15) is 15.9 Å². The van der Waals surface area contributed by atoms with Crippen molar-refractivity contribution in [2.75, 3.05) is 6.26 Å². The van der Waals surface area contributed by atoms with Crippen molar-refractivity contribution in [2.24, 2.45) is 12.0 Å². The van der Waals surface area contributed by atoms with Gasteiger partial charge in [-0.3, -0.25) is 4.79 Å². The molecule has 2 aromatic carbocycles.